The van der Waals surface area contributed by atoms with Gasteiger partial charge in [-0.3, -0.25) is 0 Å². The van der Waals surface area contributed by atoms with Crippen molar-refractivity contribution in [3.8, 4) is 0 Å². The van der Waals surface area contributed by atoms with Gasteiger partial charge in [0.25, 0.3) is 0 Å². The summed E-state index contributed by atoms with van der Waals surface area (Å²) in [6.45, 7) is 0.722. The average molecular weight is 338 g/mol. The minimum atomic E-state index is -4.61. The Hall–Kier alpha value is -1.16. The predicted octanol–water partition coefficient (Wildman–Crippen LogP) is 1.10. The van der Waals surface area contributed by atoms with Crippen LogP contribution in [0.5, 0.6) is 0 Å². The fraction of sp³-hybridized carbons (Fsp3) is 0.538. The van der Waals surface area contributed by atoms with E-state index in [0.29, 0.717) is 18.9 Å². The zero-order valence-corrected chi connectivity index (χ0v) is 12.5. The van der Waals surface area contributed by atoms with Gasteiger partial charge in [0, 0.05) is 13.1 Å². The summed E-state index contributed by atoms with van der Waals surface area (Å²) in [5, 5.41) is 13.1. The Labute approximate surface area is 126 Å². The number of aliphatic hydroxyl groups is 1. The topological polar surface area (TPSA) is 78.4 Å². The van der Waals surface area contributed by atoms with E-state index >= 15 is 0 Å². The first-order valence-corrected chi connectivity index (χ1v) is 8.21. The van der Waals surface area contributed by atoms with Crippen LogP contribution in [0.25, 0.3) is 0 Å². The van der Waals surface area contributed by atoms with Crippen LogP contribution in [0.15, 0.2) is 29.2 Å². The van der Waals surface area contributed by atoms with E-state index in [-0.39, 0.29) is 13.1 Å². The number of piperidine rings is 1. The lowest BCUT2D eigenvalue weighted by Gasteiger charge is -2.32. The molecule has 1 aliphatic heterocycles. The Morgan fingerprint density at radius 3 is 2.68 bits per heavy atom. The molecule has 5 nitrogen and oxygen atoms in total. The fourth-order valence-corrected chi connectivity index (χ4v) is 3.42. The molecule has 9 heteroatoms. The Morgan fingerprint density at radius 2 is 2.09 bits per heavy atom. The SMILES string of the molecule is O=S(=O)(NCC1(O)CCCNC1)c1cccc(C(F)(F)F)c1. The fourth-order valence-electron chi connectivity index (χ4n) is 2.26. The van der Waals surface area contributed by atoms with Gasteiger partial charge in [0.05, 0.1) is 16.1 Å². The number of hydrogen-bond acceptors (Lipinski definition) is 4. The van der Waals surface area contributed by atoms with Gasteiger partial charge in [0.1, 0.15) is 0 Å². The van der Waals surface area contributed by atoms with Crippen LogP contribution in [-0.4, -0.2) is 38.8 Å². The number of hydrogen-bond donors (Lipinski definition) is 3. The third kappa shape index (κ3) is 4.19. The maximum absolute atomic E-state index is 12.6. The number of benzene rings is 1. The highest BCUT2D eigenvalue weighted by Gasteiger charge is 2.33. The second-order valence-corrected chi connectivity index (χ2v) is 7.12. The van der Waals surface area contributed by atoms with E-state index in [1.165, 1.54) is 0 Å². The van der Waals surface area contributed by atoms with Gasteiger partial charge < -0.3 is 10.4 Å². The average Bonchev–Trinajstić information content (AvgIpc) is 2.46. The van der Waals surface area contributed by atoms with Crippen molar-refractivity contribution in [2.24, 2.45) is 0 Å². The number of halogens is 3. The van der Waals surface area contributed by atoms with Gasteiger partial charge in [-0.25, -0.2) is 13.1 Å². The molecule has 1 aromatic rings. The molecule has 1 saturated heterocycles. The van der Waals surface area contributed by atoms with E-state index in [1.54, 1.807) is 0 Å². The second kappa shape index (κ2) is 6.15. The third-order valence-electron chi connectivity index (χ3n) is 3.51. The molecule has 1 atom stereocenters. The number of nitrogens with one attached hydrogen (secondary N) is 2. The van der Waals surface area contributed by atoms with E-state index in [2.05, 4.69) is 10.0 Å². The standard InChI is InChI=1S/C13H17F3N2O3S/c14-13(15,16)10-3-1-4-11(7-10)22(20,21)18-9-12(19)5-2-6-17-8-12/h1,3-4,7,17-19H,2,5-6,8-9H2. The van der Waals surface area contributed by atoms with Crippen LogP contribution < -0.4 is 10.0 Å². The van der Waals surface area contributed by atoms with Crippen molar-refractivity contribution >= 4 is 10.0 Å². The third-order valence-corrected chi connectivity index (χ3v) is 4.91. The Balaban J connectivity index is 2.13. The highest BCUT2D eigenvalue weighted by Crippen LogP contribution is 2.30. The van der Waals surface area contributed by atoms with Crippen LogP contribution in [0.3, 0.4) is 0 Å². The Kier molecular flexibility index (Phi) is 4.81. The minimum absolute atomic E-state index is 0.234. The molecule has 124 valence electrons. The lowest BCUT2D eigenvalue weighted by molar-refractivity contribution is -0.137. The summed E-state index contributed by atoms with van der Waals surface area (Å²) in [5.41, 5.74) is -2.26. The summed E-state index contributed by atoms with van der Waals surface area (Å²) in [6, 6.07) is 3.50. The maximum Gasteiger partial charge on any atom is 0.416 e. The molecule has 1 heterocycles. The van der Waals surface area contributed by atoms with E-state index < -0.39 is 32.3 Å². The van der Waals surface area contributed by atoms with Crippen molar-refractivity contribution in [2.75, 3.05) is 19.6 Å². The molecule has 0 radical (unpaired) electrons. The summed E-state index contributed by atoms with van der Waals surface area (Å²) in [7, 11) is -4.12. The molecule has 1 unspecified atom stereocenters. The molecule has 0 aromatic heterocycles. The van der Waals surface area contributed by atoms with Gasteiger partial charge in [0.2, 0.25) is 10.0 Å². The van der Waals surface area contributed by atoms with Crippen LogP contribution in [0.1, 0.15) is 18.4 Å². The zero-order chi connectivity index (χ0) is 16.4. The number of alkyl halides is 3. The van der Waals surface area contributed by atoms with Crippen molar-refractivity contribution in [3.63, 3.8) is 0 Å². The molecule has 0 saturated carbocycles. The largest absolute Gasteiger partial charge is 0.416 e. The van der Waals surface area contributed by atoms with Gasteiger partial charge in [0.15, 0.2) is 0 Å². The molecule has 0 aliphatic carbocycles. The van der Waals surface area contributed by atoms with Crippen molar-refractivity contribution in [1.82, 2.24) is 10.0 Å². The summed E-state index contributed by atoms with van der Waals surface area (Å²) in [4.78, 5) is -0.477. The number of rotatable bonds is 4. The number of β-amino-alcohol motifs (C(OH)–C–C–N with tert-alkyl or cyclic N) is 1. The Morgan fingerprint density at radius 1 is 1.36 bits per heavy atom. The molecule has 2 rings (SSSR count). The summed E-state index contributed by atoms with van der Waals surface area (Å²) < 4.78 is 64.2. The van der Waals surface area contributed by atoms with Gasteiger partial charge in [-0.2, -0.15) is 13.2 Å². The molecule has 0 bridgehead atoms. The number of sulfonamides is 1. The van der Waals surface area contributed by atoms with E-state index in [1.807, 2.05) is 0 Å². The highest BCUT2D eigenvalue weighted by molar-refractivity contribution is 7.89. The van der Waals surface area contributed by atoms with Crippen LogP contribution in [-0.2, 0) is 16.2 Å². The molecular weight excluding hydrogens is 321 g/mol. The monoisotopic (exact) mass is 338 g/mol. The van der Waals surface area contributed by atoms with Gasteiger partial charge in [-0.15, -0.1) is 0 Å². The quantitative estimate of drug-likeness (QED) is 0.768. The van der Waals surface area contributed by atoms with Crippen LogP contribution in [0.4, 0.5) is 13.2 Å². The van der Waals surface area contributed by atoms with E-state index in [4.69, 9.17) is 0 Å². The molecule has 0 spiro atoms. The zero-order valence-electron chi connectivity index (χ0n) is 11.7. The van der Waals surface area contributed by atoms with E-state index in [0.717, 1.165) is 24.7 Å². The summed E-state index contributed by atoms with van der Waals surface area (Å²) in [6.07, 6.45) is -3.50. The van der Waals surface area contributed by atoms with Gasteiger partial charge >= 0.3 is 6.18 Å². The lowest BCUT2D eigenvalue weighted by Crippen LogP contribution is -2.52. The Bertz CT molecular complexity index is 626. The van der Waals surface area contributed by atoms with Crippen LogP contribution in [0.2, 0.25) is 0 Å². The first kappa shape index (κ1) is 17.2. The molecule has 1 aromatic carbocycles. The second-order valence-electron chi connectivity index (χ2n) is 5.35. The molecule has 22 heavy (non-hydrogen) atoms. The molecule has 3 N–H and O–H groups in total. The van der Waals surface area contributed by atoms with Crippen LogP contribution >= 0.6 is 0 Å². The lowest BCUT2D eigenvalue weighted by atomic mass is 9.95. The molecule has 1 fully saturated rings. The molecular formula is C13H17F3N2O3S. The molecule has 0 amide bonds. The summed E-state index contributed by atoms with van der Waals surface area (Å²) >= 11 is 0. The van der Waals surface area contributed by atoms with Crippen molar-refractivity contribution in [2.45, 2.75) is 29.5 Å². The van der Waals surface area contributed by atoms with Crippen molar-refractivity contribution < 1.29 is 26.7 Å². The predicted molar refractivity (Wildman–Crippen MR) is 73.7 cm³/mol. The normalized spacial score (nSPS) is 23.5. The van der Waals surface area contributed by atoms with Crippen LogP contribution in [0, 0.1) is 0 Å². The summed E-state index contributed by atoms with van der Waals surface area (Å²) in [5.74, 6) is 0. The minimum Gasteiger partial charge on any atom is -0.387 e. The maximum atomic E-state index is 12.6. The van der Waals surface area contributed by atoms with Crippen molar-refractivity contribution in [1.29, 1.82) is 0 Å². The molecule has 1 aliphatic rings. The van der Waals surface area contributed by atoms with E-state index in [9.17, 15) is 26.7 Å². The first-order chi connectivity index (χ1) is 10.1. The smallest absolute Gasteiger partial charge is 0.387 e. The first-order valence-electron chi connectivity index (χ1n) is 6.72. The van der Waals surface area contributed by atoms with Crippen molar-refractivity contribution in [3.05, 3.63) is 29.8 Å². The van der Waals surface area contributed by atoms with Gasteiger partial charge in [-0.1, -0.05) is 6.07 Å². The van der Waals surface area contributed by atoms with Gasteiger partial charge in [-0.05, 0) is 37.6 Å². The highest BCUT2D eigenvalue weighted by atomic mass is 32.2.